The number of aromatic nitrogens is 2. The Balaban J connectivity index is 1.64. The lowest BCUT2D eigenvalue weighted by Gasteiger charge is -2.39. The predicted molar refractivity (Wildman–Crippen MR) is 136 cm³/mol. The van der Waals surface area contributed by atoms with E-state index in [2.05, 4.69) is 44.2 Å². The Morgan fingerprint density at radius 2 is 2.00 bits per heavy atom. The van der Waals surface area contributed by atoms with Crippen LogP contribution in [0.5, 0.6) is 0 Å². The third-order valence-corrected chi connectivity index (χ3v) is 11.3. The summed E-state index contributed by atoms with van der Waals surface area (Å²) in [6.07, 6.45) is 1.13. The number of para-hydroxylation sites is 1. The molecule has 3 atom stereocenters. The van der Waals surface area contributed by atoms with Gasteiger partial charge in [-0.3, -0.25) is 20.0 Å². The molecular formula is C24H34N4O7Si. The predicted octanol–water partition coefficient (Wildman–Crippen LogP) is 4.99. The highest BCUT2D eigenvalue weighted by Gasteiger charge is 2.44. The number of nitro groups is 1. The van der Waals surface area contributed by atoms with Crippen molar-refractivity contribution in [3.8, 4) is 0 Å². The van der Waals surface area contributed by atoms with Gasteiger partial charge in [-0.25, -0.2) is 9.59 Å². The second-order valence-corrected chi connectivity index (χ2v) is 15.0. The zero-order valence-corrected chi connectivity index (χ0v) is 22.5. The quantitative estimate of drug-likeness (QED) is 0.293. The van der Waals surface area contributed by atoms with Crippen LogP contribution in [-0.2, 0) is 20.5 Å². The fourth-order valence-corrected chi connectivity index (χ4v) is 5.07. The van der Waals surface area contributed by atoms with E-state index >= 15 is 0 Å². The topological polar surface area (TPSA) is 135 Å². The minimum atomic E-state index is -2.02. The van der Waals surface area contributed by atoms with Gasteiger partial charge in [0.2, 0.25) is 0 Å². The van der Waals surface area contributed by atoms with E-state index in [0.29, 0.717) is 6.42 Å². The molecule has 1 N–H and O–H groups in total. The first-order chi connectivity index (χ1) is 16.8. The van der Waals surface area contributed by atoms with Crippen LogP contribution in [0.1, 0.15) is 52.3 Å². The Bertz CT molecular complexity index is 1160. The number of hydrogen-bond donors (Lipinski definition) is 1. The van der Waals surface area contributed by atoms with Crippen molar-refractivity contribution in [3.05, 3.63) is 62.7 Å². The molecule has 1 saturated heterocycles. The summed E-state index contributed by atoms with van der Waals surface area (Å²) in [5.74, 6) is 0.00271. The smallest absolute Gasteiger partial charge is 0.413 e. The molecular weight excluding hydrogens is 484 g/mol. The first kappa shape index (κ1) is 27.5. The van der Waals surface area contributed by atoms with Crippen LogP contribution in [0, 0.1) is 10.1 Å². The number of hydrogen-bond acceptors (Lipinski definition) is 8. The van der Waals surface area contributed by atoms with Crippen molar-refractivity contribution in [2.45, 2.75) is 83.7 Å². The first-order valence-electron chi connectivity index (χ1n) is 11.9. The van der Waals surface area contributed by atoms with E-state index in [1.165, 1.54) is 35.0 Å². The van der Waals surface area contributed by atoms with Crippen molar-refractivity contribution in [2.75, 3.05) is 5.32 Å². The van der Waals surface area contributed by atoms with Crippen molar-refractivity contribution in [1.29, 1.82) is 0 Å². The van der Waals surface area contributed by atoms with Gasteiger partial charge in [-0.1, -0.05) is 39.8 Å². The van der Waals surface area contributed by atoms with E-state index in [4.69, 9.17) is 13.9 Å². The van der Waals surface area contributed by atoms with Crippen LogP contribution in [0.3, 0.4) is 0 Å². The molecule has 0 saturated carbocycles. The molecule has 1 fully saturated rings. The fourth-order valence-electron chi connectivity index (χ4n) is 3.71. The van der Waals surface area contributed by atoms with Crippen molar-refractivity contribution >= 4 is 25.9 Å². The maximum atomic E-state index is 12.7. The summed E-state index contributed by atoms with van der Waals surface area (Å²) in [7, 11) is -2.02. The average Bonchev–Trinajstić information content (AvgIpc) is 3.18. The molecule has 0 spiro atoms. The maximum absolute atomic E-state index is 12.7. The summed E-state index contributed by atoms with van der Waals surface area (Å²) in [5, 5.41) is 13.5. The average molecular weight is 519 g/mol. The molecule has 11 nitrogen and oxygen atoms in total. The molecule has 2 heterocycles. The van der Waals surface area contributed by atoms with Crippen molar-refractivity contribution < 1.29 is 23.6 Å². The van der Waals surface area contributed by atoms with Crippen LogP contribution < -0.4 is 11.0 Å². The molecule has 1 amide bonds. The summed E-state index contributed by atoms with van der Waals surface area (Å²) < 4.78 is 19.2. The van der Waals surface area contributed by atoms with Crippen LogP contribution in [0.2, 0.25) is 18.1 Å². The second kappa shape index (κ2) is 10.9. The Labute approximate surface area is 211 Å². The second-order valence-electron chi connectivity index (χ2n) is 10.3. The zero-order valence-electron chi connectivity index (χ0n) is 21.5. The monoisotopic (exact) mass is 518 g/mol. The van der Waals surface area contributed by atoms with Gasteiger partial charge < -0.3 is 13.9 Å². The van der Waals surface area contributed by atoms with E-state index in [0.717, 1.165) is 6.42 Å². The van der Waals surface area contributed by atoms with Gasteiger partial charge in [-0.2, -0.15) is 4.98 Å². The van der Waals surface area contributed by atoms with Gasteiger partial charge in [0.15, 0.2) is 8.32 Å². The summed E-state index contributed by atoms with van der Waals surface area (Å²) in [4.78, 5) is 39.4. The number of rotatable bonds is 8. The minimum Gasteiger partial charge on any atom is -0.444 e. The zero-order chi connectivity index (χ0) is 26.7. The van der Waals surface area contributed by atoms with E-state index in [1.807, 2.05) is 6.92 Å². The lowest BCUT2D eigenvalue weighted by atomic mass is 10.1. The van der Waals surface area contributed by atoms with Gasteiger partial charge in [0.1, 0.15) is 18.7 Å². The van der Waals surface area contributed by atoms with Gasteiger partial charge in [0, 0.05) is 18.7 Å². The number of nitrogens with one attached hydrogen (secondary N) is 1. The molecule has 196 valence electrons. The molecule has 0 aliphatic carbocycles. The molecule has 1 aromatic carbocycles. The lowest BCUT2D eigenvalue weighted by molar-refractivity contribution is -0.385. The van der Waals surface area contributed by atoms with Crippen LogP contribution >= 0.6 is 0 Å². The van der Waals surface area contributed by atoms with Gasteiger partial charge >= 0.3 is 11.8 Å². The van der Waals surface area contributed by atoms with E-state index in [-0.39, 0.29) is 40.9 Å². The molecule has 0 radical (unpaired) electrons. The summed E-state index contributed by atoms with van der Waals surface area (Å²) in [6, 6.07) is 7.44. The number of anilines is 1. The number of benzene rings is 1. The molecule has 1 aliphatic rings. The van der Waals surface area contributed by atoms with Gasteiger partial charge in [-0.05, 0) is 36.7 Å². The third-order valence-electron chi connectivity index (χ3n) is 6.75. The van der Waals surface area contributed by atoms with Crippen molar-refractivity contribution in [3.63, 3.8) is 0 Å². The van der Waals surface area contributed by atoms with Crippen molar-refractivity contribution in [1.82, 2.24) is 9.55 Å². The molecule has 1 aliphatic heterocycles. The molecule has 2 aromatic rings. The Hall–Kier alpha value is -3.09. The van der Waals surface area contributed by atoms with Gasteiger partial charge in [0.05, 0.1) is 22.7 Å². The number of carbonyl (C=O) groups is 1. The van der Waals surface area contributed by atoms with Crippen LogP contribution in [0.25, 0.3) is 0 Å². The van der Waals surface area contributed by atoms with Crippen LogP contribution in [-0.4, -0.2) is 41.1 Å². The van der Waals surface area contributed by atoms with E-state index < -0.39 is 31.3 Å². The summed E-state index contributed by atoms with van der Waals surface area (Å²) in [5.41, 5.74) is -0.484. The van der Waals surface area contributed by atoms with E-state index in [9.17, 15) is 19.7 Å². The van der Waals surface area contributed by atoms with Gasteiger partial charge in [-0.15, -0.1) is 0 Å². The van der Waals surface area contributed by atoms with Crippen molar-refractivity contribution in [2.24, 2.45) is 0 Å². The molecule has 12 heteroatoms. The highest BCUT2D eigenvalue weighted by Crippen LogP contribution is 2.41. The number of ether oxygens (including phenoxy) is 2. The lowest BCUT2D eigenvalue weighted by Crippen LogP contribution is -2.45. The number of nitrogens with zero attached hydrogens (tertiary/aromatic N) is 3. The fraction of sp³-hybridized carbons (Fsp3) is 0.542. The summed E-state index contributed by atoms with van der Waals surface area (Å²) in [6.45, 7) is 12.6. The highest BCUT2D eigenvalue weighted by atomic mass is 28.4. The summed E-state index contributed by atoms with van der Waals surface area (Å²) >= 11 is 0. The van der Waals surface area contributed by atoms with Gasteiger partial charge in [0.25, 0.3) is 5.69 Å². The number of amides is 1. The maximum Gasteiger partial charge on any atom is 0.413 e. The molecule has 0 bridgehead atoms. The standard InChI is InChI=1S/C24H34N4O7Si/c1-7-18-19(35-36(5,6)24(2,3)4)14-21(34-18)27-13-12-20(25-22(27)29)26-23(30)33-15-16-10-8-9-11-17(16)28(31)32/h8-13,18-19,21H,7,14-15H2,1-6H3,(H,25,26,29,30)/t18-,19-,21-/m1/s1. The van der Waals surface area contributed by atoms with E-state index in [1.54, 1.807) is 6.07 Å². The normalized spacial score (nSPS) is 20.2. The number of carbonyl (C=O) groups excluding carboxylic acids is 1. The number of nitro benzene ring substituents is 1. The minimum absolute atomic E-state index is 0.00271. The van der Waals surface area contributed by atoms with Crippen LogP contribution in [0.15, 0.2) is 41.3 Å². The molecule has 0 unspecified atom stereocenters. The first-order valence-corrected chi connectivity index (χ1v) is 14.8. The highest BCUT2D eigenvalue weighted by molar-refractivity contribution is 6.74. The largest absolute Gasteiger partial charge is 0.444 e. The Morgan fingerprint density at radius 1 is 1.31 bits per heavy atom. The van der Waals surface area contributed by atoms with Crippen LogP contribution in [0.4, 0.5) is 16.3 Å². The SMILES string of the molecule is CC[C@H]1O[C@@H](n2ccc(NC(=O)OCc3ccccc3[N+](=O)[O-])nc2=O)C[C@H]1O[Si](C)(C)C(C)(C)C. The molecule has 3 rings (SSSR count). The third kappa shape index (κ3) is 6.36. The Kier molecular flexibility index (Phi) is 8.32. The molecule has 36 heavy (non-hydrogen) atoms. The Morgan fingerprint density at radius 3 is 2.61 bits per heavy atom. The molecule has 1 aromatic heterocycles.